The zero-order valence-electron chi connectivity index (χ0n) is 21.6. The van der Waals surface area contributed by atoms with Crippen LogP contribution in [0.2, 0.25) is 0 Å². The van der Waals surface area contributed by atoms with E-state index in [1.165, 1.54) is 19.1 Å². The average Bonchev–Trinajstić information content (AvgIpc) is 3.39. The second-order valence-electron chi connectivity index (χ2n) is 8.77. The van der Waals surface area contributed by atoms with E-state index in [-0.39, 0.29) is 26.4 Å². The molecule has 0 saturated carbocycles. The molecule has 40 heavy (non-hydrogen) atoms. The lowest BCUT2D eigenvalue weighted by Crippen LogP contribution is -2.64. The third-order valence-corrected chi connectivity index (χ3v) is 5.72. The largest absolute Gasteiger partial charge is 0.478 e. The van der Waals surface area contributed by atoms with Crippen molar-refractivity contribution in [2.45, 2.75) is 43.7 Å². The summed E-state index contributed by atoms with van der Waals surface area (Å²) in [4.78, 5) is 36.4. The van der Waals surface area contributed by atoms with Crippen LogP contribution in [0.5, 0.6) is 11.5 Å². The minimum absolute atomic E-state index is 0.0549. The second-order valence-corrected chi connectivity index (χ2v) is 8.77. The molecule has 2 aliphatic heterocycles. The average molecular weight is 565 g/mol. The molecule has 15 heteroatoms. The Morgan fingerprint density at radius 1 is 1.18 bits per heavy atom. The predicted molar refractivity (Wildman–Crippen MR) is 137 cm³/mol. The van der Waals surface area contributed by atoms with E-state index < -0.39 is 66.6 Å². The summed E-state index contributed by atoms with van der Waals surface area (Å²) in [5.74, 6) is -1.79. The summed E-state index contributed by atoms with van der Waals surface area (Å²) in [6, 6.07) is 3.10. The van der Waals surface area contributed by atoms with Crippen molar-refractivity contribution in [1.29, 1.82) is 5.41 Å². The Hall–Kier alpha value is -4.34. The van der Waals surface area contributed by atoms with Crippen molar-refractivity contribution < 1.29 is 53.4 Å². The summed E-state index contributed by atoms with van der Waals surface area (Å²) >= 11 is 0. The van der Waals surface area contributed by atoms with Gasteiger partial charge in [0.2, 0.25) is 18.5 Å². The smallest absolute Gasteiger partial charge is 0.373 e. The van der Waals surface area contributed by atoms with E-state index in [1.807, 2.05) is 0 Å². The molecule has 2 aliphatic rings. The van der Waals surface area contributed by atoms with Gasteiger partial charge in [-0.1, -0.05) is 6.07 Å². The SMILES string of the molecule is CC(=O)N[C@H]1[C@H]([C@H](O)[C@H](O)CO)OC(C(=O)OCCCOC(=O)/C=C/c2ccc3c(c2)OCO3)=C[C@@H]1NC(=N)N. The first-order chi connectivity index (χ1) is 19.1. The molecule has 1 amide bonds. The van der Waals surface area contributed by atoms with Crippen LogP contribution in [0.1, 0.15) is 18.9 Å². The van der Waals surface area contributed by atoms with E-state index in [4.69, 9.17) is 34.8 Å². The highest BCUT2D eigenvalue weighted by atomic mass is 16.7. The van der Waals surface area contributed by atoms with Crippen LogP contribution in [0.4, 0.5) is 0 Å². The number of fused-ring (bicyclic) bond motifs is 1. The number of esters is 2. The number of hydrogen-bond acceptors (Lipinski definition) is 12. The Morgan fingerprint density at radius 2 is 1.90 bits per heavy atom. The van der Waals surface area contributed by atoms with Crippen molar-refractivity contribution in [3.8, 4) is 11.5 Å². The van der Waals surface area contributed by atoms with Gasteiger partial charge in [0, 0.05) is 19.4 Å². The number of aliphatic hydroxyl groups excluding tert-OH is 3. The van der Waals surface area contributed by atoms with E-state index in [0.717, 1.165) is 0 Å². The molecule has 0 saturated heterocycles. The highest BCUT2D eigenvalue weighted by Crippen LogP contribution is 2.32. The van der Waals surface area contributed by atoms with Gasteiger partial charge in [-0.25, -0.2) is 9.59 Å². The second kappa shape index (κ2) is 14.2. The molecule has 0 fully saturated rings. The third-order valence-electron chi connectivity index (χ3n) is 5.72. The number of nitrogens with one attached hydrogen (secondary N) is 3. The van der Waals surface area contributed by atoms with Gasteiger partial charge in [0.1, 0.15) is 18.3 Å². The van der Waals surface area contributed by atoms with Crippen LogP contribution in [-0.2, 0) is 28.6 Å². The van der Waals surface area contributed by atoms with Crippen molar-refractivity contribution in [1.82, 2.24) is 10.6 Å². The van der Waals surface area contributed by atoms with Crippen LogP contribution < -0.4 is 25.8 Å². The topological polar surface area (TPSA) is 232 Å². The molecule has 0 spiro atoms. The van der Waals surface area contributed by atoms with Gasteiger partial charge < -0.3 is 55.4 Å². The highest BCUT2D eigenvalue weighted by Gasteiger charge is 2.44. The normalized spacial score (nSPS) is 21.0. The molecule has 15 nitrogen and oxygen atoms in total. The minimum Gasteiger partial charge on any atom is -0.478 e. The maximum absolute atomic E-state index is 12.7. The fourth-order valence-corrected chi connectivity index (χ4v) is 3.87. The van der Waals surface area contributed by atoms with Crippen LogP contribution in [0.15, 0.2) is 36.1 Å². The molecule has 2 heterocycles. The number of carbonyl (C=O) groups is 3. The van der Waals surface area contributed by atoms with Gasteiger partial charge in [-0.3, -0.25) is 10.2 Å². The van der Waals surface area contributed by atoms with Crippen LogP contribution in [0.3, 0.4) is 0 Å². The molecule has 218 valence electrons. The monoisotopic (exact) mass is 564 g/mol. The minimum atomic E-state index is -1.74. The summed E-state index contributed by atoms with van der Waals surface area (Å²) in [7, 11) is 0. The van der Waals surface area contributed by atoms with Crippen molar-refractivity contribution in [3.05, 3.63) is 41.7 Å². The number of ether oxygens (including phenoxy) is 5. The quantitative estimate of drug-likeness (QED) is 0.0492. The summed E-state index contributed by atoms with van der Waals surface area (Å²) in [6.07, 6.45) is -0.669. The van der Waals surface area contributed by atoms with Crippen LogP contribution in [0, 0.1) is 5.41 Å². The first-order valence-corrected chi connectivity index (χ1v) is 12.2. The van der Waals surface area contributed by atoms with Crippen molar-refractivity contribution >= 4 is 29.9 Å². The Labute approximate surface area is 229 Å². The molecule has 1 aromatic carbocycles. The van der Waals surface area contributed by atoms with E-state index in [0.29, 0.717) is 17.1 Å². The van der Waals surface area contributed by atoms with E-state index >= 15 is 0 Å². The van der Waals surface area contributed by atoms with Crippen molar-refractivity contribution in [3.63, 3.8) is 0 Å². The van der Waals surface area contributed by atoms with Gasteiger partial charge in [0.25, 0.3) is 0 Å². The van der Waals surface area contributed by atoms with E-state index in [2.05, 4.69) is 10.6 Å². The zero-order valence-corrected chi connectivity index (χ0v) is 21.6. The standard InChI is InChI=1S/C25H32N4O11/c1-13(31)28-21-15(29-25(26)27)10-19(40-23(21)22(34)16(32)11-30)24(35)37-8-2-7-36-20(33)6-4-14-3-5-17-18(9-14)39-12-38-17/h3-6,9-10,15-16,21-23,30,32,34H,2,7-8,11-12H2,1H3,(H,28,31)(H4,26,27,29)/b6-4+/t15-,16+,21+,22+,23+/m0/s1. The number of carbonyl (C=O) groups excluding carboxylic acids is 3. The summed E-state index contributed by atoms with van der Waals surface area (Å²) in [5, 5.41) is 42.2. The lowest BCUT2D eigenvalue weighted by molar-refractivity contribution is -0.152. The van der Waals surface area contributed by atoms with Gasteiger partial charge in [0.15, 0.2) is 17.5 Å². The Kier molecular flexibility index (Phi) is 10.7. The van der Waals surface area contributed by atoms with Crippen LogP contribution in [-0.4, -0.2) is 96.1 Å². The number of hydrogen-bond donors (Lipinski definition) is 7. The number of nitrogens with two attached hydrogens (primary N) is 1. The zero-order chi connectivity index (χ0) is 29.2. The van der Waals surface area contributed by atoms with Crippen molar-refractivity contribution in [2.24, 2.45) is 5.73 Å². The van der Waals surface area contributed by atoms with Gasteiger partial charge in [-0.05, 0) is 29.8 Å². The lowest BCUT2D eigenvalue weighted by atomic mass is 9.92. The van der Waals surface area contributed by atoms with Crippen molar-refractivity contribution in [2.75, 3.05) is 26.6 Å². The van der Waals surface area contributed by atoms with Gasteiger partial charge in [-0.15, -0.1) is 0 Å². The fourth-order valence-electron chi connectivity index (χ4n) is 3.87. The van der Waals surface area contributed by atoms with Gasteiger partial charge in [-0.2, -0.15) is 0 Å². The predicted octanol–water partition coefficient (Wildman–Crippen LogP) is -1.74. The molecular weight excluding hydrogens is 532 g/mol. The summed E-state index contributed by atoms with van der Waals surface area (Å²) < 4.78 is 26.3. The number of benzene rings is 1. The summed E-state index contributed by atoms with van der Waals surface area (Å²) in [5.41, 5.74) is 6.14. The lowest BCUT2D eigenvalue weighted by Gasteiger charge is -2.40. The number of aliphatic hydroxyl groups is 3. The molecule has 0 radical (unpaired) electrons. The van der Waals surface area contributed by atoms with E-state index in [1.54, 1.807) is 24.3 Å². The maximum atomic E-state index is 12.7. The summed E-state index contributed by atoms with van der Waals surface area (Å²) in [6.45, 7) is 0.296. The Morgan fingerprint density at radius 3 is 2.60 bits per heavy atom. The van der Waals surface area contributed by atoms with Crippen LogP contribution >= 0.6 is 0 Å². The first-order valence-electron chi connectivity index (χ1n) is 12.2. The first kappa shape index (κ1) is 30.2. The molecule has 0 aliphatic carbocycles. The molecule has 5 atom stereocenters. The molecule has 1 aromatic rings. The van der Waals surface area contributed by atoms with Gasteiger partial charge >= 0.3 is 11.9 Å². The Bertz CT molecular complexity index is 1160. The molecule has 0 unspecified atom stereocenters. The molecular formula is C25H32N4O11. The van der Waals surface area contributed by atoms with E-state index in [9.17, 15) is 29.7 Å². The number of rotatable bonds is 12. The third kappa shape index (κ3) is 8.33. The number of guanidine groups is 1. The fraction of sp³-hybridized carbons (Fsp3) is 0.440. The maximum Gasteiger partial charge on any atom is 0.373 e. The van der Waals surface area contributed by atoms with Gasteiger partial charge in [0.05, 0.1) is 31.9 Å². The Balaban J connectivity index is 1.53. The highest BCUT2D eigenvalue weighted by molar-refractivity contribution is 5.88. The molecule has 3 rings (SSSR count). The molecule has 0 aromatic heterocycles. The van der Waals surface area contributed by atoms with Crippen LogP contribution in [0.25, 0.3) is 6.08 Å². The molecule has 8 N–H and O–H groups in total. The molecule has 0 bridgehead atoms. The number of amides is 1.